The van der Waals surface area contributed by atoms with Gasteiger partial charge in [-0.25, -0.2) is 9.67 Å². The molecule has 6 nitrogen and oxygen atoms in total. The highest BCUT2D eigenvalue weighted by atomic mass is 35.5. The second kappa shape index (κ2) is 4.41. The fraction of sp³-hybridized carbons (Fsp3) is 0.222. The molecular formula is C9H9ClN6S. The highest BCUT2D eigenvalue weighted by Crippen LogP contribution is 2.22. The molecule has 0 radical (unpaired) electrons. The molecule has 17 heavy (non-hydrogen) atoms. The summed E-state index contributed by atoms with van der Waals surface area (Å²) in [6, 6.07) is 2.06. The van der Waals surface area contributed by atoms with Crippen LogP contribution in [-0.2, 0) is 0 Å². The van der Waals surface area contributed by atoms with Gasteiger partial charge in [0.25, 0.3) is 0 Å². The van der Waals surface area contributed by atoms with Crippen molar-refractivity contribution in [1.29, 1.82) is 5.26 Å². The maximum absolute atomic E-state index is 9.14. The summed E-state index contributed by atoms with van der Waals surface area (Å²) >= 11 is 9.94. The summed E-state index contributed by atoms with van der Waals surface area (Å²) < 4.78 is 2.85. The quantitative estimate of drug-likeness (QED) is 0.687. The van der Waals surface area contributed by atoms with E-state index in [4.69, 9.17) is 22.6 Å². The van der Waals surface area contributed by atoms with E-state index in [-0.39, 0.29) is 0 Å². The van der Waals surface area contributed by atoms with Crippen LogP contribution in [0.4, 0.5) is 0 Å². The van der Waals surface area contributed by atoms with E-state index >= 15 is 0 Å². The number of hydrogen-bond acceptors (Lipinski definition) is 6. The average molecular weight is 269 g/mol. The average Bonchev–Trinajstić information content (AvgIpc) is 2.72. The van der Waals surface area contributed by atoms with Gasteiger partial charge in [-0.05, 0) is 6.92 Å². The molecular weight excluding hydrogens is 260 g/mol. The fourth-order valence-electron chi connectivity index (χ4n) is 1.44. The zero-order valence-corrected chi connectivity index (χ0v) is 10.5. The Morgan fingerprint density at radius 2 is 2.35 bits per heavy atom. The molecule has 1 aliphatic heterocycles. The second-order valence-corrected chi connectivity index (χ2v) is 4.25. The van der Waals surface area contributed by atoms with Gasteiger partial charge in [0.15, 0.2) is 12.1 Å². The standard InChI is InChI=1S/C9H9ClN6S/c1-5-7(2-11)8(14-9(12)16(5)17)15-4-6(10)3-13-15/h3-4,9,17H,12H2,1H3. The normalized spacial score (nSPS) is 20.3. The lowest BCUT2D eigenvalue weighted by atomic mass is 10.2. The van der Waals surface area contributed by atoms with Crippen molar-refractivity contribution in [3.05, 3.63) is 28.7 Å². The van der Waals surface area contributed by atoms with Crippen molar-refractivity contribution in [2.75, 3.05) is 0 Å². The van der Waals surface area contributed by atoms with Crippen LogP contribution >= 0.6 is 24.4 Å². The van der Waals surface area contributed by atoms with Crippen LogP contribution in [0.2, 0.25) is 5.02 Å². The van der Waals surface area contributed by atoms with Crippen LogP contribution < -0.4 is 5.73 Å². The summed E-state index contributed by atoms with van der Waals surface area (Å²) in [6.45, 7) is 1.74. The van der Waals surface area contributed by atoms with Gasteiger partial charge in [-0.2, -0.15) is 10.4 Å². The Hall–Kier alpha value is -1.49. The van der Waals surface area contributed by atoms with Gasteiger partial charge in [0.1, 0.15) is 11.6 Å². The maximum Gasteiger partial charge on any atom is 0.185 e. The van der Waals surface area contributed by atoms with Gasteiger partial charge >= 0.3 is 0 Å². The third-order valence-electron chi connectivity index (χ3n) is 2.31. The van der Waals surface area contributed by atoms with E-state index in [0.717, 1.165) is 0 Å². The van der Waals surface area contributed by atoms with Gasteiger partial charge < -0.3 is 0 Å². The van der Waals surface area contributed by atoms with Gasteiger partial charge in [-0.3, -0.25) is 10.0 Å². The van der Waals surface area contributed by atoms with Crippen molar-refractivity contribution in [2.24, 2.45) is 10.7 Å². The number of aromatic nitrogens is 2. The Bertz CT molecular complexity index is 554. The predicted molar refractivity (Wildman–Crippen MR) is 67.2 cm³/mol. The zero-order chi connectivity index (χ0) is 12.6. The number of halogens is 1. The Morgan fingerprint density at radius 3 is 2.88 bits per heavy atom. The Kier molecular flexibility index (Phi) is 3.11. The number of nitrogens with two attached hydrogens (primary N) is 1. The lowest BCUT2D eigenvalue weighted by Gasteiger charge is -2.28. The van der Waals surface area contributed by atoms with Crippen molar-refractivity contribution >= 4 is 30.3 Å². The molecule has 0 bridgehead atoms. The van der Waals surface area contributed by atoms with Crippen LogP contribution in [0.25, 0.3) is 0 Å². The minimum absolute atomic E-state index is 0.362. The molecule has 1 aromatic heterocycles. The van der Waals surface area contributed by atoms with Gasteiger partial charge in [0.2, 0.25) is 0 Å². The number of nitriles is 1. The third kappa shape index (κ3) is 2.02. The highest BCUT2D eigenvalue weighted by molar-refractivity contribution is 7.77. The van der Waals surface area contributed by atoms with E-state index in [1.807, 2.05) is 0 Å². The van der Waals surface area contributed by atoms with Gasteiger partial charge in [0.05, 0.1) is 17.4 Å². The molecule has 0 aromatic carbocycles. The molecule has 2 heterocycles. The molecule has 0 aliphatic carbocycles. The number of thiol groups is 1. The topological polar surface area (TPSA) is 83.2 Å². The second-order valence-electron chi connectivity index (χ2n) is 3.39. The van der Waals surface area contributed by atoms with Crippen LogP contribution in [0.3, 0.4) is 0 Å². The van der Waals surface area contributed by atoms with Crippen LogP contribution in [0.1, 0.15) is 6.92 Å². The number of rotatable bonds is 0. The first-order valence-corrected chi connectivity index (χ1v) is 5.45. The largest absolute Gasteiger partial charge is 0.292 e. The number of allylic oxidation sites excluding steroid dienone is 2. The Balaban J connectivity index is 2.53. The van der Waals surface area contributed by atoms with Crippen LogP contribution in [-0.4, -0.2) is 26.2 Å². The molecule has 0 amide bonds. The minimum atomic E-state index is -0.659. The zero-order valence-electron chi connectivity index (χ0n) is 8.87. The summed E-state index contributed by atoms with van der Waals surface area (Å²) in [5, 5.41) is 13.6. The first-order chi connectivity index (χ1) is 8.04. The minimum Gasteiger partial charge on any atom is -0.292 e. The van der Waals surface area contributed by atoms with Crippen LogP contribution in [0.15, 0.2) is 28.7 Å². The van der Waals surface area contributed by atoms with Crippen molar-refractivity contribution in [3.63, 3.8) is 0 Å². The summed E-state index contributed by atoms with van der Waals surface area (Å²) in [5.41, 5.74) is 6.75. The third-order valence-corrected chi connectivity index (χ3v) is 3.05. The van der Waals surface area contributed by atoms with Crippen molar-refractivity contribution < 1.29 is 0 Å². The molecule has 8 heteroatoms. The lowest BCUT2D eigenvalue weighted by Crippen LogP contribution is -2.39. The van der Waals surface area contributed by atoms with E-state index < -0.39 is 6.29 Å². The Morgan fingerprint density at radius 1 is 1.65 bits per heavy atom. The molecule has 1 unspecified atom stereocenters. The fourth-order valence-corrected chi connectivity index (χ4v) is 1.73. The van der Waals surface area contributed by atoms with Gasteiger partial charge in [-0.15, -0.1) is 0 Å². The molecule has 0 saturated heterocycles. The van der Waals surface area contributed by atoms with Crippen molar-refractivity contribution in [3.8, 4) is 6.07 Å². The van der Waals surface area contributed by atoms with E-state index in [9.17, 15) is 0 Å². The SMILES string of the molecule is CC1=C(C#N)C(n2cc(Cl)cn2)=NC(N)N1S. The molecule has 2 rings (SSSR count). The van der Waals surface area contributed by atoms with Crippen molar-refractivity contribution in [2.45, 2.75) is 13.2 Å². The monoisotopic (exact) mass is 268 g/mol. The molecule has 88 valence electrons. The summed E-state index contributed by atoms with van der Waals surface area (Å²) in [7, 11) is 0. The van der Waals surface area contributed by atoms with E-state index in [2.05, 4.69) is 29.0 Å². The smallest absolute Gasteiger partial charge is 0.185 e. The summed E-state index contributed by atoms with van der Waals surface area (Å²) in [5.74, 6) is 0.370. The molecule has 1 aromatic rings. The Labute approximate surface area is 109 Å². The number of nitrogens with zero attached hydrogens (tertiary/aromatic N) is 5. The molecule has 2 N–H and O–H groups in total. The van der Waals surface area contributed by atoms with E-state index in [1.54, 1.807) is 13.1 Å². The number of aliphatic imine (C=N–C) groups is 1. The van der Waals surface area contributed by atoms with Crippen LogP contribution in [0, 0.1) is 11.3 Å². The molecule has 0 saturated carbocycles. The predicted octanol–water partition coefficient (Wildman–Crippen LogP) is 0.983. The van der Waals surface area contributed by atoms with Crippen LogP contribution in [0.5, 0.6) is 0 Å². The molecule has 0 spiro atoms. The highest BCUT2D eigenvalue weighted by Gasteiger charge is 2.25. The maximum atomic E-state index is 9.14. The summed E-state index contributed by atoms with van der Waals surface area (Å²) in [4.78, 5) is 4.15. The van der Waals surface area contributed by atoms with E-state index in [1.165, 1.54) is 15.2 Å². The first kappa shape index (κ1) is 12.0. The first-order valence-electron chi connectivity index (χ1n) is 4.68. The molecule has 1 atom stereocenters. The molecule has 1 aliphatic rings. The molecule has 0 fully saturated rings. The summed E-state index contributed by atoms with van der Waals surface area (Å²) in [6.07, 6.45) is 2.37. The lowest BCUT2D eigenvalue weighted by molar-refractivity contribution is 0.435. The van der Waals surface area contributed by atoms with Gasteiger partial charge in [0, 0.05) is 5.70 Å². The van der Waals surface area contributed by atoms with Crippen molar-refractivity contribution in [1.82, 2.24) is 14.1 Å². The van der Waals surface area contributed by atoms with E-state index in [0.29, 0.717) is 22.1 Å². The number of hydrogen-bond donors (Lipinski definition) is 2. The van der Waals surface area contributed by atoms with Gasteiger partial charge in [-0.1, -0.05) is 24.4 Å².